The van der Waals surface area contributed by atoms with Gasteiger partial charge in [0.2, 0.25) is 5.95 Å². The van der Waals surface area contributed by atoms with Crippen LogP contribution in [0.3, 0.4) is 0 Å². The molecule has 0 spiro atoms. The SMILES string of the molecule is COc1ccc(C2C[C@H]3Cc4cc(F)ncc4C2N3)cc1. The molecule has 3 atom stereocenters. The molecule has 0 radical (unpaired) electrons. The zero-order chi connectivity index (χ0) is 14.4. The standard InChI is InChI=1S/C17H17FN2O/c1-21-13-4-2-10(3-5-13)14-8-12-6-11-7-16(18)19-9-15(11)17(14)20-12/h2-5,7,9,12,14,17,20H,6,8H2,1H3/t12-,14?,17?/m1/s1. The van der Waals surface area contributed by atoms with E-state index in [-0.39, 0.29) is 12.0 Å². The zero-order valence-corrected chi connectivity index (χ0v) is 11.8. The van der Waals surface area contributed by atoms with Crippen molar-refractivity contribution < 1.29 is 9.13 Å². The molecule has 1 saturated heterocycles. The molecule has 2 aliphatic rings. The second kappa shape index (κ2) is 4.81. The van der Waals surface area contributed by atoms with Crippen LogP contribution < -0.4 is 10.1 Å². The van der Waals surface area contributed by atoms with E-state index >= 15 is 0 Å². The van der Waals surface area contributed by atoms with Crippen molar-refractivity contribution in [3.8, 4) is 5.75 Å². The lowest BCUT2D eigenvalue weighted by molar-refractivity contribution is 0.414. The molecule has 3 nitrogen and oxygen atoms in total. The number of halogens is 1. The van der Waals surface area contributed by atoms with Crippen molar-refractivity contribution in [2.24, 2.45) is 0 Å². The highest BCUT2D eigenvalue weighted by Crippen LogP contribution is 2.45. The maximum absolute atomic E-state index is 13.3. The normalized spacial score (nSPS) is 26.5. The first kappa shape index (κ1) is 12.8. The molecule has 4 rings (SSSR count). The predicted molar refractivity (Wildman–Crippen MR) is 77.9 cm³/mol. The molecule has 0 aliphatic carbocycles. The first-order valence-electron chi connectivity index (χ1n) is 7.29. The minimum absolute atomic E-state index is 0.236. The largest absolute Gasteiger partial charge is 0.497 e. The van der Waals surface area contributed by atoms with Crippen molar-refractivity contribution in [2.75, 3.05) is 7.11 Å². The van der Waals surface area contributed by atoms with Crippen LogP contribution >= 0.6 is 0 Å². The summed E-state index contributed by atoms with van der Waals surface area (Å²) in [5, 5.41) is 3.65. The third kappa shape index (κ3) is 2.10. The summed E-state index contributed by atoms with van der Waals surface area (Å²) in [6.45, 7) is 0. The number of nitrogens with one attached hydrogen (secondary N) is 1. The van der Waals surface area contributed by atoms with Crippen LogP contribution in [0.1, 0.15) is 35.1 Å². The van der Waals surface area contributed by atoms with Gasteiger partial charge in [0.1, 0.15) is 5.75 Å². The first-order valence-corrected chi connectivity index (χ1v) is 7.29. The molecule has 1 fully saturated rings. The van der Waals surface area contributed by atoms with Gasteiger partial charge < -0.3 is 10.1 Å². The van der Waals surface area contributed by atoms with Gasteiger partial charge in [-0.05, 0) is 47.7 Å². The van der Waals surface area contributed by atoms with Gasteiger partial charge in [-0.15, -0.1) is 0 Å². The Bertz CT molecular complexity index is 671. The molecule has 1 aromatic carbocycles. The van der Waals surface area contributed by atoms with Crippen molar-refractivity contribution in [1.29, 1.82) is 0 Å². The number of methoxy groups -OCH3 is 1. The van der Waals surface area contributed by atoms with Crippen LogP contribution in [0.2, 0.25) is 0 Å². The van der Waals surface area contributed by atoms with Gasteiger partial charge in [-0.2, -0.15) is 4.39 Å². The first-order chi connectivity index (χ1) is 10.2. The smallest absolute Gasteiger partial charge is 0.213 e. The van der Waals surface area contributed by atoms with Crippen molar-refractivity contribution in [3.63, 3.8) is 0 Å². The van der Waals surface area contributed by atoms with E-state index in [1.165, 1.54) is 5.56 Å². The van der Waals surface area contributed by atoms with Gasteiger partial charge in [0.05, 0.1) is 7.11 Å². The fourth-order valence-electron chi connectivity index (χ4n) is 3.71. The third-order valence-electron chi connectivity index (χ3n) is 4.69. The topological polar surface area (TPSA) is 34.1 Å². The molecule has 108 valence electrons. The number of hydrogen-bond acceptors (Lipinski definition) is 3. The Morgan fingerprint density at radius 1 is 1.29 bits per heavy atom. The minimum atomic E-state index is -0.379. The van der Waals surface area contributed by atoms with Crippen LogP contribution in [-0.4, -0.2) is 18.1 Å². The van der Waals surface area contributed by atoms with Crippen molar-refractivity contribution in [3.05, 3.63) is 59.2 Å². The lowest BCUT2D eigenvalue weighted by Gasteiger charge is -2.26. The quantitative estimate of drug-likeness (QED) is 0.861. The highest BCUT2D eigenvalue weighted by Gasteiger charge is 2.40. The molecule has 2 unspecified atom stereocenters. The van der Waals surface area contributed by atoms with E-state index in [4.69, 9.17) is 4.74 Å². The number of nitrogens with zero attached hydrogens (tertiary/aromatic N) is 1. The highest BCUT2D eigenvalue weighted by molar-refractivity contribution is 5.39. The number of pyridine rings is 1. The predicted octanol–water partition coefficient (Wildman–Crippen LogP) is 2.97. The van der Waals surface area contributed by atoms with Crippen molar-refractivity contribution in [2.45, 2.75) is 30.8 Å². The average molecular weight is 284 g/mol. The van der Waals surface area contributed by atoms with E-state index in [2.05, 4.69) is 22.4 Å². The fourth-order valence-corrected chi connectivity index (χ4v) is 3.71. The summed E-state index contributed by atoms with van der Waals surface area (Å²) >= 11 is 0. The highest BCUT2D eigenvalue weighted by atomic mass is 19.1. The summed E-state index contributed by atoms with van der Waals surface area (Å²) in [6, 6.07) is 10.5. The van der Waals surface area contributed by atoms with Crippen LogP contribution in [-0.2, 0) is 6.42 Å². The van der Waals surface area contributed by atoms with Gasteiger partial charge in [0.25, 0.3) is 0 Å². The van der Waals surface area contributed by atoms with E-state index in [0.29, 0.717) is 12.0 Å². The Kier molecular flexibility index (Phi) is 2.93. The van der Waals surface area contributed by atoms with Gasteiger partial charge in [0, 0.05) is 24.2 Å². The van der Waals surface area contributed by atoms with Gasteiger partial charge in [-0.25, -0.2) is 4.98 Å². The van der Waals surface area contributed by atoms with E-state index < -0.39 is 0 Å². The summed E-state index contributed by atoms with van der Waals surface area (Å²) < 4.78 is 18.5. The molecular weight excluding hydrogens is 267 g/mol. The van der Waals surface area contributed by atoms with E-state index in [0.717, 1.165) is 29.7 Å². The summed E-state index contributed by atoms with van der Waals surface area (Å²) in [5.41, 5.74) is 3.55. The number of benzene rings is 1. The molecule has 2 aliphatic heterocycles. The van der Waals surface area contributed by atoms with Crippen LogP contribution in [0, 0.1) is 5.95 Å². The van der Waals surface area contributed by atoms with Gasteiger partial charge in [-0.3, -0.25) is 0 Å². The van der Waals surface area contributed by atoms with E-state index in [1.807, 2.05) is 12.1 Å². The second-order valence-corrected chi connectivity index (χ2v) is 5.87. The number of ether oxygens (including phenoxy) is 1. The Morgan fingerprint density at radius 2 is 2.10 bits per heavy atom. The lowest BCUT2D eigenvalue weighted by atomic mass is 9.88. The monoisotopic (exact) mass is 284 g/mol. The summed E-state index contributed by atoms with van der Waals surface area (Å²) in [6.07, 6.45) is 3.66. The third-order valence-corrected chi connectivity index (χ3v) is 4.69. The van der Waals surface area contributed by atoms with Crippen molar-refractivity contribution in [1.82, 2.24) is 10.3 Å². The molecule has 2 aromatic rings. The van der Waals surface area contributed by atoms with Crippen molar-refractivity contribution >= 4 is 0 Å². The van der Waals surface area contributed by atoms with Gasteiger partial charge in [0.15, 0.2) is 0 Å². The fraction of sp³-hybridized carbons (Fsp3) is 0.353. The minimum Gasteiger partial charge on any atom is -0.497 e. The molecule has 1 N–H and O–H groups in total. The maximum Gasteiger partial charge on any atom is 0.213 e. The Hall–Kier alpha value is -1.94. The Morgan fingerprint density at radius 3 is 2.86 bits per heavy atom. The number of rotatable bonds is 2. The summed E-state index contributed by atoms with van der Waals surface area (Å²) in [4.78, 5) is 3.84. The molecule has 4 heteroatoms. The zero-order valence-electron chi connectivity index (χ0n) is 11.8. The number of hydrogen-bond donors (Lipinski definition) is 1. The molecule has 21 heavy (non-hydrogen) atoms. The van der Waals surface area contributed by atoms with Crippen LogP contribution in [0.25, 0.3) is 0 Å². The van der Waals surface area contributed by atoms with Crippen LogP contribution in [0.4, 0.5) is 4.39 Å². The van der Waals surface area contributed by atoms with E-state index in [1.54, 1.807) is 19.4 Å². The molecule has 0 saturated carbocycles. The van der Waals surface area contributed by atoms with Crippen LogP contribution in [0.5, 0.6) is 5.75 Å². The Labute approximate surface area is 123 Å². The molecule has 0 amide bonds. The van der Waals surface area contributed by atoms with E-state index in [9.17, 15) is 4.39 Å². The number of aromatic nitrogens is 1. The average Bonchev–Trinajstić information content (AvgIpc) is 2.85. The molecular formula is C17H17FN2O. The molecule has 2 bridgehead atoms. The summed E-state index contributed by atoms with van der Waals surface area (Å²) in [7, 11) is 1.68. The maximum atomic E-state index is 13.3. The molecule has 1 aromatic heterocycles. The van der Waals surface area contributed by atoms with Crippen LogP contribution in [0.15, 0.2) is 36.5 Å². The summed E-state index contributed by atoms with van der Waals surface area (Å²) in [5.74, 6) is 0.905. The second-order valence-electron chi connectivity index (χ2n) is 5.87. The molecule has 3 heterocycles. The number of fused-ring (bicyclic) bond motifs is 4. The van der Waals surface area contributed by atoms with Gasteiger partial charge >= 0.3 is 0 Å². The lowest BCUT2D eigenvalue weighted by Crippen LogP contribution is -2.32. The Balaban J connectivity index is 1.70. The van der Waals surface area contributed by atoms with Gasteiger partial charge in [-0.1, -0.05) is 12.1 Å².